The van der Waals surface area contributed by atoms with Gasteiger partial charge < -0.3 is 15.0 Å². The Hall–Kier alpha value is -3.34. The van der Waals surface area contributed by atoms with Crippen molar-refractivity contribution in [3.63, 3.8) is 0 Å². The molecule has 0 aliphatic carbocycles. The van der Waals surface area contributed by atoms with E-state index in [9.17, 15) is 14.4 Å². The fraction of sp³-hybridized carbons (Fsp3) is 0.207. The second kappa shape index (κ2) is 11.6. The standard InChI is InChI=1S/C29H25Br2ClN4O4/c1-17(18-3-6-20(30)7-4-18)33-27(37)26-25-16-34(28(38)19-5-12-23(31)24(32)15-19)13-14-35(25)29(39)36(26)21-8-10-22(40-2)11-9-21/h3-12,15,17H,13-14,16H2,1-2H3,(H,33,37). The molecule has 1 aliphatic heterocycles. The molecule has 0 saturated heterocycles. The molecule has 1 atom stereocenters. The van der Waals surface area contributed by atoms with Gasteiger partial charge >= 0.3 is 5.69 Å². The summed E-state index contributed by atoms with van der Waals surface area (Å²) >= 11 is 13.0. The summed E-state index contributed by atoms with van der Waals surface area (Å²) in [5.41, 5.74) is 2.15. The molecule has 40 heavy (non-hydrogen) atoms. The average Bonchev–Trinajstić information content (AvgIpc) is 3.26. The lowest BCUT2D eigenvalue weighted by Gasteiger charge is -2.28. The number of fused-ring (bicyclic) bond motifs is 1. The Kier molecular flexibility index (Phi) is 8.21. The van der Waals surface area contributed by atoms with Crippen LogP contribution in [0.5, 0.6) is 5.75 Å². The Morgan fingerprint density at radius 3 is 2.35 bits per heavy atom. The van der Waals surface area contributed by atoms with Crippen LogP contribution < -0.4 is 15.7 Å². The number of nitrogens with zero attached hydrogens (tertiary/aromatic N) is 3. The van der Waals surface area contributed by atoms with Crippen LogP contribution in [0, 0.1) is 0 Å². The Bertz CT molecular complexity index is 1650. The molecule has 0 spiro atoms. The van der Waals surface area contributed by atoms with Gasteiger partial charge in [-0.25, -0.2) is 4.79 Å². The third-order valence-corrected chi connectivity index (χ3v) is 8.66. The molecule has 3 aromatic carbocycles. The van der Waals surface area contributed by atoms with Gasteiger partial charge in [0.25, 0.3) is 11.8 Å². The van der Waals surface area contributed by atoms with Crippen molar-refractivity contribution in [2.24, 2.45) is 0 Å². The SMILES string of the molecule is COc1ccc(-n2c(C(=O)NC(C)c3ccc(Br)cc3)c3n(c2=O)CCN(C(=O)c2ccc(Br)c(Cl)c2)C3)cc1. The number of hydrogen-bond acceptors (Lipinski definition) is 4. The summed E-state index contributed by atoms with van der Waals surface area (Å²) in [5, 5.41) is 3.46. The van der Waals surface area contributed by atoms with Crippen molar-refractivity contribution in [2.75, 3.05) is 13.7 Å². The van der Waals surface area contributed by atoms with Crippen molar-refractivity contribution >= 4 is 55.3 Å². The Labute approximate surface area is 252 Å². The zero-order chi connectivity index (χ0) is 28.6. The molecule has 2 amide bonds. The van der Waals surface area contributed by atoms with Crippen molar-refractivity contribution in [3.05, 3.63) is 114 Å². The van der Waals surface area contributed by atoms with Crippen LogP contribution >= 0.6 is 43.5 Å². The minimum Gasteiger partial charge on any atom is -0.497 e. The second-order valence-electron chi connectivity index (χ2n) is 9.37. The lowest BCUT2D eigenvalue weighted by atomic mass is 10.1. The zero-order valence-electron chi connectivity index (χ0n) is 21.7. The van der Waals surface area contributed by atoms with Gasteiger partial charge in [0.2, 0.25) is 0 Å². The summed E-state index contributed by atoms with van der Waals surface area (Å²) in [6, 6.07) is 19.3. The van der Waals surface area contributed by atoms with Gasteiger partial charge in [-0.05, 0) is 83.0 Å². The number of halogens is 3. The van der Waals surface area contributed by atoms with Crippen LogP contribution in [0.1, 0.15) is 45.1 Å². The molecule has 1 aliphatic rings. The van der Waals surface area contributed by atoms with Crippen LogP contribution in [-0.4, -0.2) is 39.5 Å². The van der Waals surface area contributed by atoms with E-state index in [2.05, 4.69) is 37.2 Å². The number of carbonyl (C=O) groups excluding carboxylic acids is 2. The maximum atomic E-state index is 13.9. The fourth-order valence-corrected chi connectivity index (χ4v) is 5.44. The normalized spacial score (nSPS) is 13.5. The molecule has 4 aromatic rings. The van der Waals surface area contributed by atoms with Crippen molar-refractivity contribution in [1.29, 1.82) is 0 Å². The monoisotopic (exact) mass is 686 g/mol. The van der Waals surface area contributed by atoms with Gasteiger partial charge in [0.1, 0.15) is 11.4 Å². The van der Waals surface area contributed by atoms with E-state index in [0.717, 1.165) is 10.0 Å². The molecule has 0 bridgehead atoms. The number of rotatable bonds is 6. The van der Waals surface area contributed by atoms with Gasteiger partial charge in [0, 0.05) is 27.6 Å². The summed E-state index contributed by atoms with van der Waals surface area (Å²) in [7, 11) is 1.56. The summed E-state index contributed by atoms with van der Waals surface area (Å²) < 4.78 is 9.87. The summed E-state index contributed by atoms with van der Waals surface area (Å²) in [5.74, 6) is -0.0291. The van der Waals surface area contributed by atoms with Crippen molar-refractivity contribution in [3.8, 4) is 11.4 Å². The van der Waals surface area contributed by atoms with Crippen LogP contribution in [0.4, 0.5) is 0 Å². The molecule has 1 aromatic heterocycles. The molecule has 11 heteroatoms. The van der Waals surface area contributed by atoms with E-state index in [0.29, 0.717) is 38.7 Å². The maximum absolute atomic E-state index is 13.9. The first-order valence-corrected chi connectivity index (χ1v) is 14.4. The number of imidazole rings is 1. The third kappa shape index (κ3) is 5.48. The van der Waals surface area contributed by atoms with Crippen LogP contribution in [0.2, 0.25) is 5.02 Å². The van der Waals surface area contributed by atoms with Gasteiger partial charge in [-0.15, -0.1) is 0 Å². The molecule has 8 nitrogen and oxygen atoms in total. The number of nitrogens with one attached hydrogen (secondary N) is 1. The fourth-order valence-electron chi connectivity index (χ4n) is 4.75. The zero-order valence-corrected chi connectivity index (χ0v) is 25.6. The number of ether oxygens (including phenoxy) is 1. The molecular weight excluding hydrogens is 664 g/mol. The number of aromatic nitrogens is 2. The highest BCUT2D eigenvalue weighted by atomic mass is 79.9. The van der Waals surface area contributed by atoms with E-state index in [1.807, 2.05) is 31.2 Å². The second-order valence-corrected chi connectivity index (χ2v) is 11.5. The summed E-state index contributed by atoms with van der Waals surface area (Å²) in [4.78, 5) is 42.6. The van der Waals surface area contributed by atoms with Crippen molar-refractivity contribution in [2.45, 2.75) is 26.1 Å². The number of hydrogen-bond donors (Lipinski definition) is 1. The van der Waals surface area contributed by atoms with Crippen LogP contribution in [0.3, 0.4) is 0 Å². The number of amides is 2. The van der Waals surface area contributed by atoms with Crippen molar-refractivity contribution < 1.29 is 14.3 Å². The molecule has 0 radical (unpaired) electrons. The minimum atomic E-state index is -0.418. The quantitative estimate of drug-likeness (QED) is 0.271. The summed E-state index contributed by atoms with van der Waals surface area (Å²) in [6.07, 6.45) is 0. The molecule has 0 fully saturated rings. The van der Waals surface area contributed by atoms with E-state index < -0.39 is 5.91 Å². The molecule has 1 unspecified atom stereocenters. The predicted molar refractivity (Wildman–Crippen MR) is 160 cm³/mol. The van der Waals surface area contributed by atoms with Crippen LogP contribution in [0.15, 0.2) is 80.5 Å². The molecular formula is C29H25Br2ClN4O4. The molecule has 5 rings (SSSR count). The molecule has 2 heterocycles. The van der Waals surface area contributed by atoms with Gasteiger partial charge in [0.15, 0.2) is 0 Å². The van der Waals surface area contributed by atoms with Gasteiger partial charge in [-0.1, -0.05) is 39.7 Å². The van der Waals surface area contributed by atoms with Crippen LogP contribution in [0.25, 0.3) is 5.69 Å². The predicted octanol–water partition coefficient (Wildman–Crippen LogP) is 5.97. The number of benzene rings is 3. The lowest BCUT2D eigenvalue weighted by molar-refractivity contribution is 0.0706. The first-order chi connectivity index (χ1) is 19.2. The minimum absolute atomic E-state index is 0.0837. The van der Waals surface area contributed by atoms with Gasteiger partial charge in [0.05, 0.1) is 36.1 Å². The largest absolute Gasteiger partial charge is 0.497 e. The highest BCUT2D eigenvalue weighted by Gasteiger charge is 2.32. The van der Waals surface area contributed by atoms with E-state index in [4.69, 9.17) is 16.3 Å². The highest BCUT2D eigenvalue weighted by molar-refractivity contribution is 9.10. The van der Waals surface area contributed by atoms with E-state index in [1.54, 1.807) is 59.0 Å². The first-order valence-electron chi connectivity index (χ1n) is 12.5. The highest BCUT2D eigenvalue weighted by Crippen LogP contribution is 2.27. The van der Waals surface area contributed by atoms with E-state index in [-0.39, 0.29) is 36.4 Å². The number of carbonyl (C=O) groups is 2. The van der Waals surface area contributed by atoms with Gasteiger partial charge in [-0.3, -0.25) is 18.7 Å². The maximum Gasteiger partial charge on any atom is 0.333 e. The number of methoxy groups -OCH3 is 1. The smallest absolute Gasteiger partial charge is 0.333 e. The molecule has 1 N–H and O–H groups in total. The topological polar surface area (TPSA) is 85.6 Å². The van der Waals surface area contributed by atoms with E-state index >= 15 is 0 Å². The average molecular weight is 689 g/mol. The Morgan fingerprint density at radius 1 is 1.00 bits per heavy atom. The van der Waals surface area contributed by atoms with Crippen LogP contribution in [-0.2, 0) is 13.1 Å². The third-order valence-electron chi connectivity index (χ3n) is 6.90. The Morgan fingerprint density at radius 2 is 1.70 bits per heavy atom. The summed E-state index contributed by atoms with van der Waals surface area (Å²) in [6.45, 7) is 2.52. The molecule has 206 valence electrons. The van der Waals surface area contributed by atoms with E-state index in [1.165, 1.54) is 4.57 Å². The Balaban J connectivity index is 1.55. The molecule has 0 saturated carbocycles. The van der Waals surface area contributed by atoms with Gasteiger partial charge in [-0.2, -0.15) is 0 Å². The van der Waals surface area contributed by atoms with Crippen molar-refractivity contribution in [1.82, 2.24) is 19.4 Å². The lowest BCUT2D eigenvalue weighted by Crippen LogP contribution is -2.41. The first kappa shape index (κ1) is 28.2.